The van der Waals surface area contributed by atoms with Crippen molar-refractivity contribution in [1.29, 1.82) is 0 Å². The van der Waals surface area contributed by atoms with E-state index in [1.54, 1.807) is 24.3 Å². The first kappa shape index (κ1) is 19.7. The van der Waals surface area contributed by atoms with Crippen molar-refractivity contribution >= 4 is 35.3 Å². The number of carbonyl (C=O) groups excluding carboxylic acids is 3. The monoisotopic (exact) mass is 407 g/mol. The molecular formula is C22H21N3O5. The van der Waals surface area contributed by atoms with E-state index in [-0.39, 0.29) is 5.57 Å². The lowest BCUT2D eigenvalue weighted by molar-refractivity contribution is -0.122. The number of methoxy groups -OCH3 is 1. The summed E-state index contributed by atoms with van der Waals surface area (Å²) in [6, 6.07) is 13.2. The summed E-state index contributed by atoms with van der Waals surface area (Å²) in [5.74, 6) is -0.797. The third-order valence-electron chi connectivity index (χ3n) is 5.01. The van der Waals surface area contributed by atoms with Crippen LogP contribution in [0.5, 0.6) is 5.75 Å². The number of barbiturate groups is 1. The van der Waals surface area contributed by atoms with Gasteiger partial charge in [0.1, 0.15) is 11.3 Å². The quantitative estimate of drug-likeness (QED) is 0.618. The Bertz CT molecular complexity index is 992. The maximum atomic E-state index is 12.9. The molecule has 8 nitrogen and oxygen atoms in total. The van der Waals surface area contributed by atoms with E-state index in [0.29, 0.717) is 30.2 Å². The van der Waals surface area contributed by atoms with Crippen molar-refractivity contribution in [1.82, 2.24) is 5.32 Å². The van der Waals surface area contributed by atoms with Crippen molar-refractivity contribution in [2.24, 2.45) is 0 Å². The number of imide groups is 2. The first-order chi connectivity index (χ1) is 14.6. The molecule has 0 aromatic heterocycles. The molecule has 8 heteroatoms. The second-order valence-electron chi connectivity index (χ2n) is 6.85. The van der Waals surface area contributed by atoms with E-state index in [9.17, 15) is 14.4 Å². The van der Waals surface area contributed by atoms with Crippen molar-refractivity contribution in [3.63, 3.8) is 0 Å². The minimum absolute atomic E-state index is 0.107. The Morgan fingerprint density at radius 1 is 0.933 bits per heavy atom. The van der Waals surface area contributed by atoms with Gasteiger partial charge in [-0.3, -0.25) is 14.9 Å². The Labute approximate surface area is 173 Å². The summed E-state index contributed by atoms with van der Waals surface area (Å²) in [6.07, 6.45) is 1.49. The lowest BCUT2D eigenvalue weighted by atomic mass is 10.1. The van der Waals surface area contributed by atoms with E-state index in [2.05, 4.69) is 10.2 Å². The van der Waals surface area contributed by atoms with Gasteiger partial charge in [-0.1, -0.05) is 12.1 Å². The summed E-state index contributed by atoms with van der Waals surface area (Å²) in [6.45, 7) is 3.02. The average Bonchev–Trinajstić information content (AvgIpc) is 2.78. The second-order valence-corrected chi connectivity index (χ2v) is 6.85. The summed E-state index contributed by atoms with van der Waals surface area (Å²) >= 11 is 0. The number of hydrogen-bond donors (Lipinski definition) is 1. The molecule has 2 aliphatic rings. The van der Waals surface area contributed by atoms with Gasteiger partial charge in [0.25, 0.3) is 11.8 Å². The molecule has 0 saturated carbocycles. The van der Waals surface area contributed by atoms with Gasteiger partial charge in [0.05, 0.1) is 26.0 Å². The highest BCUT2D eigenvalue weighted by molar-refractivity contribution is 6.39. The standard InChI is InChI=1S/C22H21N3O5/c1-29-18-8-6-17(7-9-18)25-21(27)19(20(26)23-22(25)28)14-15-2-4-16(5-3-15)24-10-12-30-13-11-24/h2-9,14H,10-13H2,1H3,(H,23,26,28). The van der Waals surface area contributed by atoms with E-state index >= 15 is 0 Å². The van der Waals surface area contributed by atoms with Crippen LogP contribution in [0.1, 0.15) is 5.56 Å². The van der Waals surface area contributed by atoms with Crippen LogP contribution in [0.15, 0.2) is 54.1 Å². The Balaban J connectivity index is 1.58. The fraction of sp³-hybridized carbons (Fsp3) is 0.227. The van der Waals surface area contributed by atoms with Crippen LogP contribution in [0.2, 0.25) is 0 Å². The van der Waals surface area contributed by atoms with Crippen LogP contribution in [0.3, 0.4) is 0 Å². The molecule has 2 aromatic rings. The van der Waals surface area contributed by atoms with Gasteiger partial charge in [0, 0.05) is 18.8 Å². The summed E-state index contributed by atoms with van der Waals surface area (Å²) in [7, 11) is 1.53. The molecule has 30 heavy (non-hydrogen) atoms. The minimum atomic E-state index is -0.782. The molecular weight excluding hydrogens is 386 g/mol. The first-order valence-electron chi connectivity index (χ1n) is 9.55. The third-order valence-corrected chi connectivity index (χ3v) is 5.01. The number of hydrogen-bond acceptors (Lipinski definition) is 6. The number of ether oxygens (including phenoxy) is 2. The topological polar surface area (TPSA) is 88.2 Å². The molecule has 2 fully saturated rings. The molecule has 2 aromatic carbocycles. The molecule has 4 rings (SSSR count). The fourth-order valence-electron chi connectivity index (χ4n) is 3.39. The van der Waals surface area contributed by atoms with Crippen LogP contribution in [0, 0.1) is 0 Å². The summed E-state index contributed by atoms with van der Waals surface area (Å²) in [4.78, 5) is 40.7. The number of anilines is 2. The summed E-state index contributed by atoms with van der Waals surface area (Å²) < 4.78 is 10.5. The highest BCUT2D eigenvalue weighted by Crippen LogP contribution is 2.25. The first-order valence-corrected chi connectivity index (χ1v) is 9.55. The molecule has 2 aliphatic heterocycles. The average molecular weight is 407 g/mol. The van der Waals surface area contributed by atoms with E-state index in [0.717, 1.165) is 23.7 Å². The molecule has 2 heterocycles. The van der Waals surface area contributed by atoms with Gasteiger partial charge in [-0.15, -0.1) is 0 Å². The van der Waals surface area contributed by atoms with E-state index in [1.165, 1.54) is 13.2 Å². The molecule has 0 unspecified atom stereocenters. The molecule has 1 N–H and O–H groups in total. The van der Waals surface area contributed by atoms with Crippen molar-refractivity contribution in [2.45, 2.75) is 0 Å². The van der Waals surface area contributed by atoms with E-state index in [4.69, 9.17) is 9.47 Å². The minimum Gasteiger partial charge on any atom is -0.497 e. The van der Waals surface area contributed by atoms with Crippen molar-refractivity contribution in [3.8, 4) is 5.75 Å². The number of carbonyl (C=O) groups is 3. The highest BCUT2D eigenvalue weighted by atomic mass is 16.5. The zero-order valence-corrected chi connectivity index (χ0v) is 16.5. The Kier molecular flexibility index (Phi) is 5.49. The number of morpholine rings is 1. The maximum Gasteiger partial charge on any atom is 0.335 e. The van der Waals surface area contributed by atoms with Gasteiger partial charge in [0.15, 0.2) is 0 Å². The van der Waals surface area contributed by atoms with Crippen LogP contribution < -0.4 is 19.9 Å². The Morgan fingerprint density at radius 3 is 2.20 bits per heavy atom. The van der Waals surface area contributed by atoms with Gasteiger partial charge in [0.2, 0.25) is 0 Å². The lowest BCUT2D eigenvalue weighted by Crippen LogP contribution is -2.54. The van der Waals surface area contributed by atoms with Crippen molar-refractivity contribution in [3.05, 3.63) is 59.7 Å². The van der Waals surface area contributed by atoms with Gasteiger partial charge < -0.3 is 14.4 Å². The molecule has 0 spiro atoms. The molecule has 2 saturated heterocycles. The largest absolute Gasteiger partial charge is 0.497 e. The number of amides is 4. The highest BCUT2D eigenvalue weighted by Gasteiger charge is 2.36. The van der Waals surface area contributed by atoms with Gasteiger partial charge in [-0.2, -0.15) is 0 Å². The van der Waals surface area contributed by atoms with Crippen LogP contribution in [0.4, 0.5) is 16.2 Å². The van der Waals surface area contributed by atoms with Crippen molar-refractivity contribution < 1.29 is 23.9 Å². The normalized spacial score (nSPS) is 18.6. The molecule has 4 amide bonds. The smallest absolute Gasteiger partial charge is 0.335 e. The molecule has 154 valence electrons. The maximum absolute atomic E-state index is 12.9. The van der Waals surface area contributed by atoms with Gasteiger partial charge >= 0.3 is 6.03 Å². The number of urea groups is 1. The van der Waals surface area contributed by atoms with Gasteiger partial charge in [-0.05, 0) is 48.0 Å². The fourth-order valence-corrected chi connectivity index (χ4v) is 3.39. The molecule has 0 bridgehead atoms. The van der Waals surface area contributed by atoms with Gasteiger partial charge in [-0.25, -0.2) is 9.69 Å². The number of nitrogens with one attached hydrogen (secondary N) is 1. The van der Waals surface area contributed by atoms with Crippen LogP contribution >= 0.6 is 0 Å². The number of nitrogens with zero attached hydrogens (tertiary/aromatic N) is 2. The summed E-state index contributed by atoms with van der Waals surface area (Å²) in [5.41, 5.74) is 1.98. The van der Waals surface area contributed by atoms with E-state index in [1.807, 2.05) is 24.3 Å². The predicted octanol–water partition coefficient (Wildman–Crippen LogP) is 2.20. The lowest BCUT2D eigenvalue weighted by Gasteiger charge is -2.29. The SMILES string of the molecule is COc1ccc(N2C(=O)NC(=O)C(=Cc3ccc(N4CCOCC4)cc3)C2=O)cc1. The van der Waals surface area contributed by atoms with Crippen molar-refractivity contribution in [2.75, 3.05) is 43.2 Å². The second kappa shape index (κ2) is 8.38. The zero-order valence-electron chi connectivity index (χ0n) is 16.5. The number of rotatable bonds is 4. The van der Waals surface area contributed by atoms with Crippen LogP contribution in [0.25, 0.3) is 6.08 Å². The Morgan fingerprint density at radius 2 is 1.57 bits per heavy atom. The Hall–Kier alpha value is -3.65. The molecule has 0 radical (unpaired) electrons. The van der Waals surface area contributed by atoms with E-state index < -0.39 is 17.8 Å². The molecule has 0 atom stereocenters. The van der Waals surface area contributed by atoms with Crippen LogP contribution in [-0.4, -0.2) is 51.3 Å². The number of benzene rings is 2. The van der Waals surface area contributed by atoms with Crippen LogP contribution in [-0.2, 0) is 14.3 Å². The predicted molar refractivity (Wildman–Crippen MR) is 111 cm³/mol. The molecule has 0 aliphatic carbocycles. The summed E-state index contributed by atoms with van der Waals surface area (Å²) in [5, 5.41) is 2.23. The zero-order chi connectivity index (χ0) is 21.1. The third kappa shape index (κ3) is 3.90.